The first kappa shape index (κ1) is 14.9. The van der Waals surface area contributed by atoms with Crippen LogP contribution in [0.4, 0.5) is 0 Å². The van der Waals surface area contributed by atoms with Crippen LogP contribution in [0, 0.1) is 11.3 Å². The fourth-order valence-electron chi connectivity index (χ4n) is 1.05. The Bertz CT molecular complexity index is 553. The maximum Gasteiger partial charge on any atom is 0.262 e. The van der Waals surface area contributed by atoms with Crippen molar-refractivity contribution in [3.8, 4) is 6.07 Å². The molecule has 0 radical (unpaired) electrons. The Kier molecular flexibility index (Phi) is 5.53. The van der Waals surface area contributed by atoms with Crippen molar-refractivity contribution in [1.29, 1.82) is 5.26 Å². The highest BCUT2D eigenvalue weighted by Gasteiger charge is 2.15. The van der Waals surface area contributed by atoms with Gasteiger partial charge in [0, 0.05) is 7.11 Å². The Morgan fingerprint density at radius 1 is 1.44 bits per heavy atom. The summed E-state index contributed by atoms with van der Waals surface area (Å²) in [6.45, 7) is 0.344. The smallest absolute Gasteiger partial charge is 0.262 e. The quantitative estimate of drug-likeness (QED) is 0.625. The van der Waals surface area contributed by atoms with Crippen LogP contribution in [0.15, 0.2) is 23.1 Å². The summed E-state index contributed by atoms with van der Waals surface area (Å²) in [5.74, 6) is 0. The SMILES string of the molecule is COCCONS(=O)(=O)c1ccc(C#N)c(Cl)c1. The van der Waals surface area contributed by atoms with Gasteiger partial charge in [0.2, 0.25) is 0 Å². The van der Waals surface area contributed by atoms with E-state index < -0.39 is 10.0 Å². The van der Waals surface area contributed by atoms with E-state index in [9.17, 15) is 8.42 Å². The number of benzene rings is 1. The summed E-state index contributed by atoms with van der Waals surface area (Å²) in [5.41, 5.74) is 0.205. The van der Waals surface area contributed by atoms with Crippen molar-refractivity contribution in [2.45, 2.75) is 4.90 Å². The van der Waals surface area contributed by atoms with Gasteiger partial charge in [-0.05, 0) is 18.2 Å². The molecule has 0 aliphatic carbocycles. The number of ether oxygens (including phenoxy) is 1. The molecule has 1 aromatic rings. The van der Waals surface area contributed by atoms with E-state index in [0.717, 1.165) is 0 Å². The second kappa shape index (κ2) is 6.68. The Morgan fingerprint density at radius 2 is 2.17 bits per heavy atom. The number of nitrogens with one attached hydrogen (secondary N) is 1. The third kappa shape index (κ3) is 3.94. The fraction of sp³-hybridized carbons (Fsp3) is 0.300. The van der Waals surface area contributed by atoms with Gasteiger partial charge in [-0.15, -0.1) is 0 Å². The summed E-state index contributed by atoms with van der Waals surface area (Å²) >= 11 is 5.74. The molecule has 0 bridgehead atoms. The van der Waals surface area contributed by atoms with Crippen LogP contribution in [-0.4, -0.2) is 28.7 Å². The van der Waals surface area contributed by atoms with Gasteiger partial charge in [-0.25, -0.2) is 8.42 Å². The third-order valence-corrected chi connectivity index (χ3v) is 3.45. The Balaban J connectivity index is 2.80. The fourth-order valence-corrected chi connectivity index (χ4v) is 2.19. The summed E-state index contributed by atoms with van der Waals surface area (Å²) < 4.78 is 28.2. The number of hydrogen-bond acceptors (Lipinski definition) is 5. The number of nitrogens with zero attached hydrogens (tertiary/aromatic N) is 1. The van der Waals surface area contributed by atoms with Crippen LogP contribution in [0.3, 0.4) is 0 Å². The van der Waals surface area contributed by atoms with E-state index in [-0.39, 0.29) is 28.7 Å². The van der Waals surface area contributed by atoms with Crippen molar-refractivity contribution in [3.63, 3.8) is 0 Å². The molecule has 0 aromatic heterocycles. The largest absolute Gasteiger partial charge is 0.382 e. The molecule has 8 heteroatoms. The zero-order valence-electron chi connectivity index (χ0n) is 9.51. The standard InChI is InChI=1S/C10H11ClN2O4S/c1-16-4-5-17-13-18(14,15)9-3-2-8(7-12)10(11)6-9/h2-3,6,13H,4-5H2,1H3. The van der Waals surface area contributed by atoms with Gasteiger partial charge in [-0.3, -0.25) is 4.84 Å². The molecule has 98 valence electrons. The zero-order valence-corrected chi connectivity index (χ0v) is 11.1. The van der Waals surface area contributed by atoms with E-state index in [2.05, 4.69) is 0 Å². The summed E-state index contributed by atoms with van der Waals surface area (Å²) in [7, 11) is -2.34. The van der Waals surface area contributed by atoms with E-state index in [1.54, 1.807) is 0 Å². The van der Waals surface area contributed by atoms with Crippen molar-refractivity contribution in [2.24, 2.45) is 0 Å². The number of sulfonamides is 1. The molecule has 0 aliphatic rings. The van der Waals surface area contributed by atoms with Gasteiger partial charge in [0.25, 0.3) is 10.0 Å². The van der Waals surface area contributed by atoms with Crippen LogP contribution in [-0.2, 0) is 19.6 Å². The number of nitriles is 1. The van der Waals surface area contributed by atoms with Crippen LogP contribution in [0.2, 0.25) is 5.02 Å². The second-order valence-corrected chi connectivity index (χ2v) is 5.23. The van der Waals surface area contributed by atoms with Gasteiger partial charge in [0.05, 0.1) is 28.7 Å². The molecule has 18 heavy (non-hydrogen) atoms. The third-order valence-electron chi connectivity index (χ3n) is 1.93. The minimum Gasteiger partial charge on any atom is -0.382 e. The molecule has 0 saturated carbocycles. The van der Waals surface area contributed by atoms with Crippen LogP contribution < -0.4 is 4.89 Å². The number of methoxy groups -OCH3 is 1. The number of halogens is 1. The number of hydrogen-bond donors (Lipinski definition) is 1. The van der Waals surface area contributed by atoms with Gasteiger partial charge in [0.15, 0.2) is 0 Å². The predicted molar refractivity (Wildman–Crippen MR) is 64.3 cm³/mol. The molecular formula is C10H11ClN2O4S. The molecule has 0 heterocycles. The molecule has 0 amide bonds. The summed E-state index contributed by atoms with van der Waals surface area (Å²) in [5, 5.41) is 8.74. The van der Waals surface area contributed by atoms with E-state index in [1.807, 2.05) is 11.0 Å². The molecule has 6 nitrogen and oxygen atoms in total. The lowest BCUT2D eigenvalue weighted by molar-refractivity contribution is 0.0438. The lowest BCUT2D eigenvalue weighted by atomic mass is 10.2. The van der Waals surface area contributed by atoms with Gasteiger partial charge < -0.3 is 4.74 Å². The van der Waals surface area contributed by atoms with Crippen LogP contribution in [0.5, 0.6) is 0 Å². The molecule has 0 fully saturated rings. The van der Waals surface area contributed by atoms with Crippen molar-refractivity contribution >= 4 is 21.6 Å². The first-order valence-corrected chi connectivity index (χ1v) is 6.69. The Morgan fingerprint density at radius 3 is 2.72 bits per heavy atom. The van der Waals surface area contributed by atoms with Crippen molar-refractivity contribution in [2.75, 3.05) is 20.3 Å². The first-order valence-electron chi connectivity index (χ1n) is 4.83. The van der Waals surface area contributed by atoms with Crippen LogP contribution in [0.25, 0.3) is 0 Å². The van der Waals surface area contributed by atoms with Gasteiger partial charge in [-0.2, -0.15) is 5.26 Å². The summed E-state index contributed by atoms with van der Waals surface area (Å²) in [6, 6.07) is 5.62. The van der Waals surface area contributed by atoms with E-state index in [0.29, 0.717) is 0 Å². The average Bonchev–Trinajstić information content (AvgIpc) is 2.34. The molecule has 0 saturated heterocycles. The second-order valence-electron chi connectivity index (χ2n) is 3.18. The summed E-state index contributed by atoms with van der Waals surface area (Å²) in [4.78, 5) is 6.56. The molecule has 1 N–H and O–H groups in total. The van der Waals surface area contributed by atoms with E-state index in [1.165, 1.54) is 25.3 Å². The van der Waals surface area contributed by atoms with Crippen LogP contribution in [0.1, 0.15) is 5.56 Å². The highest BCUT2D eigenvalue weighted by Crippen LogP contribution is 2.19. The summed E-state index contributed by atoms with van der Waals surface area (Å²) in [6.07, 6.45) is 0. The molecule has 1 aromatic carbocycles. The Labute approximate surface area is 110 Å². The monoisotopic (exact) mass is 290 g/mol. The molecule has 0 spiro atoms. The van der Waals surface area contributed by atoms with Crippen molar-refractivity contribution in [3.05, 3.63) is 28.8 Å². The lowest BCUT2D eigenvalue weighted by Gasteiger charge is -2.07. The van der Waals surface area contributed by atoms with Crippen molar-refractivity contribution < 1.29 is 18.0 Å². The zero-order chi connectivity index (χ0) is 13.6. The Hall–Kier alpha value is -1.17. The van der Waals surface area contributed by atoms with Crippen LogP contribution >= 0.6 is 11.6 Å². The molecule has 0 aliphatic heterocycles. The predicted octanol–water partition coefficient (Wildman–Crippen LogP) is 1.07. The molecular weight excluding hydrogens is 280 g/mol. The molecule has 1 rings (SSSR count). The maximum atomic E-state index is 11.7. The normalized spacial score (nSPS) is 11.2. The van der Waals surface area contributed by atoms with Gasteiger partial charge in [0.1, 0.15) is 6.07 Å². The highest BCUT2D eigenvalue weighted by molar-refractivity contribution is 7.89. The van der Waals surface area contributed by atoms with E-state index >= 15 is 0 Å². The number of rotatable bonds is 6. The van der Waals surface area contributed by atoms with Gasteiger partial charge >= 0.3 is 0 Å². The highest BCUT2D eigenvalue weighted by atomic mass is 35.5. The molecule has 0 unspecified atom stereocenters. The minimum atomic E-state index is -3.81. The topological polar surface area (TPSA) is 88.4 Å². The van der Waals surface area contributed by atoms with E-state index in [4.69, 9.17) is 26.4 Å². The molecule has 0 atom stereocenters. The van der Waals surface area contributed by atoms with Gasteiger partial charge in [-0.1, -0.05) is 16.5 Å². The maximum absolute atomic E-state index is 11.7. The lowest BCUT2D eigenvalue weighted by Crippen LogP contribution is -2.25. The van der Waals surface area contributed by atoms with Crippen molar-refractivity contribution in [1.82, 2.24) is 4.89 Å². The first-order chi connectivity index (χ1) is 8.51. The minimum absolute atomic E-state index is 0.0669. The average molecular weight is 291 g/mol.